The van der Waals surface area contributed by atoms with Crippen molar-refractivity contribution in [3.63, 3.8) is 0 Å². The molecule has 0 fully saturated rings. The van der Waals surface area contributed by atoms with Crippen LogP contribution >= 0.6 is 0 Å². The number of nitrogens with one attached hydrogen (secondary N) is 1. The Balaban J connectivity index is 1.99. The number of carbonyl (C=O) groups excluding carboxylic acids is 1. The molecule has 0 aromatic carbocycles. The smallest absolute Gasteiger partial charge is 0.340 e. The Bertz CT molecular complexity index is 700. The number of ether oxygens (including phenoxy) is 1. The second-order valence-electron chi connectivity index (χ2n) is 6.20. The number of likely N-dealkylation sites (N-methyl/N-ethyl adjacent to an activating group) is 1. The predicted octanol–water partition coefficient (Wildman–Crippen LogP) is 2.11. The van der Waals surface area contributed by atoms with E-state index in [1.54, 1.807) is 6.20 Å². The van der Waals surface area contributed by atoms with Crippen LogP contribution in [0.25, 0.3) is 11.3 Å². The molecule has 0 unspecified atom stereocenters. The molecule has 1 N–H and O–H groups in total. The first kappa shape index (κ1) is 15.8. The van der Waals surface area contributed by atoms with Gasteiger partial charge >= 0.3 is 5.97 Å². The molecule has 1 aliphatic carbocycles. The molecule has 6 nitrogen and oxygen atoms in total. The minimum Gasteiger partial charge on any atom is -0.462 e. The first-order chi connectivity index (χ1) is 11.1. The quantitative estimate of drug-likeness (QED) is 0.858. The van der Waals surface area contributed by atoms with Gasteiger partial charge in [-0.05, 0) is 45.8 Å². The highest BCUT2D eigenvalue weighted by molar-refractivity contribution is 5.98. The van der Waals surface area contributed by atoms with Crippen LogP contribution in [0.3, 0.4) is 0 Å². The summed E-state index contributed by atoms with van der Waals surface area (Å²) in [6.07, 6.45) is 6.86. The second-order valence-corrected chi connectivity index (χ2v) is 6.20. The van der Waals surface area contributed by atoms with Gasteiger partial charge in [0.05, 0.1) is 24.4 Å². The summed E-state index contributed by atoms with van der Waals surface area (Å²) in [6, 6.07) is 0. The third-order valence-corrected chi connectivity index (χ3v) is 4.18. The lowest BCUT2D eigenvalue weighted by Crippen LogP contribution is -2.18. The van der Waals surface area contributed by atoms with Crippen LogP contribution in [0.2, 0.25) is 0 Å². The van der Waals surface area contributed by atoms with Crippen molar-refractivity contribution in [2.45, 2.75) is 32.7 Å². The average molecular weight is 316 g/mol. The molecule has 2 aromatic rings. The lowest BCUT2D eigenvalue weighted by Gasteiger charge is -2.09. The standard InChI is InChI=1S/C17H24N4O2/c1-4-23-17(22)13-10-18-14-7-5-6-12-11-21(9-8-20(2)3)19-16(12)15(13)14/h10-11,18H,4-9H2,1-3H3. The van der Waals surface area contributed by atoms with E-state index in [0.717, 1.165) is 49.3 Å². The first-order valence-corrected chi connectivity index (χ1v) is 8.19. The Kier molecular flexibility index (Phi) is 4.52. The predicted molar refractivity (Wildman–Crippen MR) is 88.5 cm³/mol. The SMILES string of the molecule is CCOC(=O)c1c[nH]c2c1-c1nn(CCN(C)C)cc1CCC2. The van der Waals surface area contributed by atoms with E-state index in [-0.39, 0.29) is 5.97 Å². The largest absolute Gasteiger partial charge is 0.462 e. The van der Waals surface area contributed by atoms with Gasteiger partial charge in [0.2, 0.25) is 0 Å². The minimum atomic E-state index is -0.277. The zero-order chi connectivity index (χ0) is 16.4. The van der Waals surface area contributed by atoms with E-state index in [2.05, 4.69) is 30.2 Å². The van der Waals surface area contributed by atoms with Crippen LogP contribution < -0.4 is 0 Å². The fourth-order valence-electron chi connectivity index (χ4n) is 3.03. The number of hydrogen-bond acceptors (Lipinski definition) is 4. The van der Waals surface area contributed by atoms with Crippen molar-refractivity contribution in [1.82, 2.24) is 19.7 Å². The lowest BCUT2D eigenvalue weighted by atomic mass is 10.1. The second kappa shape index (κ2) is 6.58. The zero-order valence-electron chi connectivity index (χ0n) is 14.1. The van der Waals surface area contributed by atoms with Crippen LogP contribution in [-0.4, -0.2) is 52.9 Å². The number of esters is 1. The summed E-state index contributed by atoms with van der Waals surface area (Å²) < 4.78 is 7.18. The Hall–Kier alpha value is -2.08. The van der Waals surface area contributed by atoms with Gasteiger partial charge in [-0.25, -0.2) is 4.79 Å². The van der Waals surface area contributed by atoms with E-state index in [1.165, 1.54) is 5.56 Å². The van der Waals surface area contributed by atoms with Crippen molar-refractivity contribution < 1.29 is 9.53 Å². The van der Waals surface area contributed by atoms with E-state index < -0.39 is 0 Å². The molecule has 6 heteroatoms. The van der Waals surface area contributed by atoms with Crippen LogP contribution in [0.15, 0.2) is 12.4 Å². The first-order valence-electron chi connectivity index (χ1n) is 8.19. The summed E-state index contributed by atoms with van der Waals surface area (Å²) in [4.78, 5) is 17.6. The van der Waals surface area contributed by atoms with Crippen molar-refractivity contribution in [3.05, 3.63) is 29.2 Å². The van der Waals surface area contributed by atoms with Crippen LogP contribution in [0, 0.1) is 0 Å². The molecule has 0 saturated heterocycles. The maximum Gasteiger partial charge on any atom is 0.340 e. The molecule has 0 radical (unpaired) electrons. The summed E-state index contributed by atoms with van der Waals surface area (Å²) in [6.45, 7) is 3.98. The van der Waals surface area contributed by atoms with Crippen LogP contribution in [0.5, 0.6) is 0 Å². The molecular formula is C17H24N4O2. The van der Waals surface area contributed by atoms with Gasteiger partial charge in [-0.1, -0.05) is 0 Å². The zero-order valence-corrected chi connectivity index (χ0v) is 14.1. The molecule has 0 saturated carbocycles. The van der Waals surface area contributed by atoms with Crippen LogP contribution in [-0.2, 0) is 24.1 Å². The monoisotopic (exact) mass is 316 g/mol. The Morgan fingerprint density at radius 1 is 1.43 bits per heavy atom. The summed E-state index contributed by atoms with van der Waals surface area (Å²) in [5.41, 5.74) is 4.76. The van der Waals surface area contributed by atoms with Gasteiger partial charge in [-0.3, -0.25) is 4.68 Å². The number of aryl methyl sites for hydroxylation is 2. The van der Waals surface area contributed by atoms with Crippen molar-refractivity contribution in [2.75, 3.05) is 27.2 Å². The van der Waals surface area contributed by atoms with Crippen LogP contribution in [0.4, 0.5) is 0 Å². The molecule has 0 bridgehead atoms. The van der Waals surface area contributed by atoms with E-state index in [9.17, 15) is 4.79 Å². The number of aromatic nitrogens is 3. The average Bonchev–Trinajstić information content (AvgIpc) is 3.06. The Morgan fingerprint density at radius 3 is 3.00 bits per heavy atom. The number of carbonyl (C=O) groups is 1. The van der Waals surface area contributed by atoms with E-state index >= 15 is 0 Å². The van der Waals surface area contributed by atoms with Gasteiger partial charge in [0.1, 0.15) is 0 Å². The third-order valence-electron chi connectivity index (χ3n) is 4.18. The maximum atomic E-state index is 12.2. The van der Waals surface area contributed by atoms with Gasteiger partial charge < -0.3 is 14.6 Å². The fourth-order valence-corrected chi connectivity index (χ4v) is 3.03. The number of aromatic amines is 1. The lowest BCUT2D eigenvalue weighted by molar-refractivity contribution is 0.0527. The fraction of sp³-hybridized carbons (Fsp3) is 0.529. The molecule has 3 rings (SSSR count). The van der Waals surface area contributed by atoms with Gasteiger partial charge in [0.25, 0.3) is 0 Å². The molecule has 1 aliphatic rings. The van der Waals surface area contributed by atoms with Gasteiger partial charge in [0, 0.05) is 30.2 Å². The molecule has 124 valence electrons. The molecular weight excluding hydrogens is 292 g/mol. The highest BCUT2D eigenvalue weighted by Gasteiger charge is 2.26. The highest BCUT2D eigenvalue weighted by Crippen LogP contribution is 2.34. The van der Waals surface area contributed by atoms with Crippen molar-refractivity contribution >= 4 is 5.97 Å². The number of H-pyrrole nitrogens is 1. The van der Waals surface area contributed by atoms with E-state index in [1.807, 2.05) is 11.6 Å². The molecule has 0 amide bonds. The molecule has 0 spiro atoms. The highest BCUT2D eigenvalue weighted by atomic mass is 16.5. The Labute approximate surface area is 136 Å². The van der Waals surface area contributed by atoms with Crippen LogP contribution in [0.1, 0.15) is 35.0 Å². The molecule has 2 aromatic heterocycles. The summed E-state index contributed by atoms with van der Waals surface area (Å²) >= 11 is 0. The minimum absolute atomic E-state index is 0.277. The number of rotatable bonds is 5. The molecule has 0 atom stereocenters. The summed E-state index contributed by atoms with van der Waals surface area (Å²) in [5, 5.41) is 4.76. The topological polar surface area (TPSA) is 63.2 Å². The van der Waals surface area contributed by atoms with E-state index in [0.29, 0.717) is 12.2 Å². The van der Waals surface area contributed by atoms with Gasteiger partial charge in [0.15, 0.2) is 0 Å². The number of fused-ring (bicyclic) bond motifs is 3. The maximum absolute atomic E-state index is 12.2. The van der Waals surface area contributed by atoms with Crippen molar-refractivity contribution in [2.24, 2.45) is 0 Å². The number of nitrogens with zero attached hydrogens (tertiary/aromatic N) is 3. The van der Waals surface area contributed by atoms with Gasteiger partial charge in [-0.15, -0.1) is 0 Å². The summed E-state index contributed by atoms with van der Waals surface area (Å²) in [7, 11) is 4.11. The molecule has 0 aliphatic heterocycles. The Morgan fingerprint density at radius 2 is 2.26 bits per heavy atom. The van der Waals surface area contributed by atoms with E-state index in [4.69, 9.17) is 9.84 Å². The van der Waals surface area contributed by atoms with Gasteiger partial charge in [-0.2, -0.15) is 5.10 Å². The summed E-state index contributed by atoms with van der Waals surface area (Å²) in [5.74, 6) is -0.277. The number of hydrogen-bond donors (Lipinski definition) is 1. The third kappa shape index (κ3) is 3.17. The molecule has 23 heavy (non-hydrogen) atoms. The normalized spacial score (nSPS) is 13.6. The van der Waals surface area contributed by atoms with Crippen molar-refractivity contribution in [3.8, 4) is 11.3 Å². The molecule has 2 heterocycles. The van der Waals surface area contributed by atoms with Crippen molar-refractivity contribution in [1.29, 1.82) is 0 Å².